The zero-order valence-corrected chi connectivity index (χ0v) is 11.8. The zero-order chi connectivity index (χ0) is 14.6. The van der Waals surface area contributed by atoms with Crippen LogP contribution in [-0.2, 0) is 4.79 Å². The molecule has 0 aliphatic heterocycles. The van der Waals surface area contributed by atoms with Crippen LogP contribution in [0.3, 0.4) is 0 Å². The van der Waals surface area contributed by atoms with Crippen molar-refractivity contribution in [2.45, 2.75) is 18.7 Å². The van der Waals surface area contributed by atoms with E-state index in [2.05, 4.69) is 12.6 Å². The van der Waals surface area contributed by atoms with Crippen molar-refractivity contribution < 1.29 is 14.0 Å². The summed E-state index contributed by atoms with van der Waals surface area (Å²) < 4.78 is 13.7. The standard InChI is InChI=1S/C13H17FN2O2S/c1-8(2)6-16(7-12(15)17)13(18)10-5-9(19)3-4-11(10)14/h3-5,8,19H,6-7H2,1-2H3,(H2,15,17). The molecule has 0 unspecified atom stereocenters. The molecule has 0 saturated carbocycles. The monoisotopic (exact) mass is 284 g/mol. The molecular weight excluding hydrogens is 267 g/mol. The van der Waals surface area contributed by atoms with E-state index in [1.807, 2.05) is 13.8 Å². The molecule has 4 nitrogen and oxygen atoms in total. The lowest BCUT2D eigenvalue weighted by atomic mass is 10.1. The van der Waals surface area contributed by atoms with E-state index in [0.29, 0.717) is 11.4 Å². The van der Waals surface area contributed by atoms with E-state index < -0.39 is 17.6 Å². The molecule has 0 atom stereocenters. The van der Waals surface area contributed by atoms with Gasteiger partial charge in [-0.15, -0.1) is 12.6 Å². The maximum absolute atomic E-state index is 13.7. The number of hydrogen-bond acceptors (Lipinski definition) is 3. The van der Waals surface area contributed by atoms with Crippen LogP contribution in [0.4, 0.5) is 4.39 Å². The molecule has 2 amide bonds. The van der Waals surface area contributed by atoms with Gasteiger partial charge in [-0.05, 0) is 24.1 Å². The van der Waals surface area contributed by atoms with E-state index in [4.69, 9.17) is 5.73 Å². The number of carbonyl (C=O) groups excluding carboxylic acids is 2. The summed E-state index contributed by atoms with van der Waals surface area (Å²) in [6.45, 7) is 3.89. The van der Waals surface area contributed by atoms with E-state index in [9.17, 15) is 14.0 Å². The van der Waals surface area contributed by atoms with Crippen LogP contribution in [0.25, 0.3) is 0 Å². The van der Waals surface area contributed by atoms with Gasteiger partial charge >= 0.3 is 0 Å². The predicted molar refractivity (Wildman–Crippen MR) is 73.6 cm³/mol. The highest BCUT2D eigenvalue weighted by Crippen LogP contribution is 2.16. The number of benzene rings is 1. The van der Waals surface area contributed by atoms with Gasteiger partial charge in [0.1, 0.15) is 5.82 Å². The van der Waals surface area contributed by atoms with Crippen LogP contribution >= 0.6 is 12.6 Å². The number of rotatable bonds is 5. The number of nitrogens with two attached hydrogens (primary N) is 1. The minimum absolute atomic E-state index is 0.102. The number of thiol groups is 1. The van der Waals surface area contributed by atoms with E-state index in [0.717, 1.165) is 0 Å². The van der Waals surface area contributed by atoms with Crippen molar-refractivity contribution in [3.05, 3.63) is 29.6 Å². The lowest BCUT2D eigenvalue weighted by Crippen LogP contribution is -2.40. The van der Waals surface area contributed by atoms with E-state index in [1.54, 1.807) is 0 Å². The summed E-state index contributed by atoms with van der Waals surface area (Å²) in [6.07, 6.45) is 0. The molecule has 0 spiro atoms. The number of halogens is 1. The van der Waals surface area contributed by atoms with Crippen molar-refractivity contribution in [3.63, 3.8) is 0 Å². The fourth-order valence-electron chi connectivity index (χ4n) is 1.70. The summed E-state index contributed by atoms with van der Waals surface area (Å²) in [5.74, 6) is -1.68. The third kappa shape index (κ3) is 4.55. The smallest absolute Gasteiger partial charge is 0.257 e. The second-order valence-electron chi connectivity index (χ2n) is 4.71. The lowest BCUT2D eigenvalue weighted by Gasteiger charge is -2.23. The normalized spacial score (nSPS) is 10.6. The summed E-state index contributed by atoms with van der Waals surface area (Å²) in [5, 5.41) is 0. The second kappa shape index (κ2) is 6.56. The Kier molecular flexibility index (Phi) is 5.35. The highest BCUT2D eigenvalue weighted by Gasteiger charge is 2.21. The van der Waals surface area contributed by atoms with Crippen LogP contribution in [0.5, 0.6) is 0 Å². The average Bonchev–Trinajstić information content (AvgIpc) is 2.29. The van der Waals surface area contributed by atoms with Crippen LogP contribution in [0, 0.1) is 11.7 Å². The minimum Gasteiger partial charge on any atom is -0.368 e. The lowest BCUT2D eigenvalue weighted by molar-refractivity contribution is -0.118. The van der Waals surface area contributed by atoms with Gasteiger partial charge in [0.25, 0.3) is 5.91 Å². The fourth-order valence-corrected chi connectivity index (χ4v) is 1.90. The molecule has 1 aromatic carbocycles. The van der Waals surface area contributed by atoms with Crippen molar-refractivity contribution in [2.24, 2.45) is 11.7 Å². The van der Waals surface area contributed by atoms with Crippen molar-refractivity contribution in [3.8, 4) is 0 Å². The number of hydrogen-bond donors (Lipinski definition) is 2. The number of carbonyl (C=O) groups is 2. The third-order valence-corrected chi connectivity index (χ3v) is 2.68. The largest absolute Gasteiger partial charge is 0.368 e. The Balaban J connectivity index is 3.03. The Morgan fingerprint density at radius 2 is 2.05 bits per heavy atom. The van der Waals surface area contributed by atoms with E-state index in [1.165, 1.54) is 23.1 Å². The van der Waals surface area contributed by atoms with Crippen LogP contribution < -0.4 is 5.73 Å². The molecule has 1 rings (SSSR count). The molecule has 0 saturated heterocycles. The van der Waals surface area contributed by atoms with Gasteiger partial charge in [0.2, 0.25) is 5.91 Å². The van der Waals surface area contributed by atoms with Crippen LogP contribution in [0.2, 0.25) is 0 Å². The number of primary amides is 1. The molecule has 0 heterocycles. The van der Waals surface area contributed by atoms with Crippen molar-refractivity contribution in [1.29, 1.82) is 0 Å². The first kappa shape index (κ1) is 15.5. The SMILES string of the molecule is CC(C)CN(CC(N)=O)C(=O)c1cc(S)ccc1F. The summed E-state index contributed by atoms with van der Waals surface area (Å²) in [6, 6.07) is 3.97. The quantitative estimate of drug-likeness (QED) is 0.808. The van der Waals surface area contributed by atoms with Crippen molar-refractivity contribution in [1.82, 2.24) is 4.90 Å². The van der Waals surface area contributed by atoms with Crippen molar-refractivity contribution >= 4 is 24.4 Å². The van der Waals surface area contributed by atoms with Gasteiger partial charge in [-0.1, -0.05) is 13.8 Å². The molecule has 0 bridgehead atoms. The van der Waals surface area contributed by atoms with Crippen molar-refractivity contribution in [2.75, 3.05) is 13.1 Å². The molecule has 0 aliphatic carbocycles. The summed E-state index contributed by atoms with van der Waals surface area (Å²) in [4.78, 5) is 25.0. The number of amides is 2. The molecule has 0 aromatic heterocycles. The highest BCUT2D eigenvalue weighted by atomic mass is 32.1. The first-order chi connectivity index (χ1) is 8.81. The van der Waals surface area contributed by atoms with Gasteiger partial charge in [0.15, 0.2) is 0 Å². The van der Waals surface area contributed by atoms with Gasteiger partial charge in [0, 0.05) is 11.4 Å². The zero-order valence-electron chi connectivity index (χ0n) is 10.9. The number of nitrogens with zero attached hydrogens (tertiary/aromatic N) is 1. The summed E-state index contributed by atoms with van der Waals surface area (Å²) in [7, 11) is 0. The molecule has 6 heteroatoms. The maximum Gasteiger partial charge on any atom is 0.257 e. The molecule has 1 aromatic rings. The molecule has 19 heavy (non-hydrogen) atoms. The third-order valence-electron chi connectivity index (χ3n) is 2.40. The van der Waals surface area contributed by atoms with E-state index in [-0.39, 0.29) is 18.0 Å². The predicted octanol–water partition coefficient (Wildman–Crippen LogP) is 1.70. The Bertz CT molecular complexity index is 492. The van der Waals surface area contributed by atoms with Crippen LogP contribution in [-0.4, -0.2) is 29.8 Å². The van der Waals surface area contributed by atoms with Crippen LogP contribution in [0.15, 0.2) is 23.1 Å². The van der Waals surface area contributed by atoms with E-state index >= 15 is 0 Å². The van der Waals surface area contributed by atoms with Crippen LogP contribution in [0.1, 0.15) is 24.2 Å². The van der Waals surface area contributed by atoms with Gasteiger partial charge in [-0.2, -0.15) is 0 Å². The maximum atomic E-state index is 13.7. The highest BCUT2D eigenvalue weighted by molar-refractivity contribution is 7.80. The fraction of sp³-hybridized carbons (Fsp3) is 0.385. The molecule has 0 fully saturated rings. The summed E-state index contributed by atoms with van der Waals surface area (Å²) >= 11 is 4.08. The second-order valence-corrected chi connectivity index (χ2v) is 5.23. The molecule has 104 valence electrons. The first-order valence-corrected chi connectivity index (χ1v) is 6.32. The Labute approximate surface area is 117 Å². The summed E-state index contributed by atoms with van der Waals surface area (Å²) in [5.41, 5.74) is 5.01. The Morgan fingerprint density at radius 3 is 2.58 bits per heavy atom. The topological polar surface area (TPSA) is 63.4 Å². The Hall–Kier alpha value is -1.56. The molecular formula is C13H17FN2O2S. The average molecular weight is 284 g/mol. The van der Waals surface area contributed by atoms with Gasteiger partial charge in [-0.25, -0.2) is 4.39 Å². The molecule has 0 aliphatic rings. The first-order valence-electron chi connectivity index (χ1n) is 5.87. The Morgan fingerprint density at radius 1 is 1.42 bits per heavy atom. The van der Waals surface area contributed by atoms with Gasteiger partial charge in [-0.3, -0.25) is 9.59 Å². The van der Waals surface area contributed by atoms with Gasteiger partial charge in [0.05, 0.1) is 12.1 Å². The van der Waals surface area contributed by atoms with Gasteiger partial charge < -0.3 is 10.6 Å². The minimum atomic E-state index is -0.638. The molecule has 0 radical (unpaired) electrons. The molecule has 2 N–H and O–H groups in total.